The Bertz CT molecular complexity index is 110. The van der Waals surface area contributed by atoms with Crippen LogP contribution in [-0.4, -0.2) is 60.2 Å². The second kappa shape index (κ2) is 11.2. The molecule has 0 aliphatic carbocycles. The number of hydrogen-bond donors (Lipinski definition) is 2. The zero-order valence-electron chi connectivity index (χ0n) is 5.51. The van der Waals surface area contributed by atoms with Gasteiger partial charge in [-0.05, 0) is 0 Å². The van der Waals surface area contributed by atoms with Crippen LogP contribution in [0.2, 0.25) is 0.515 Å². The van der Waals surface area contributed by atoms with Gasteiger partial charge < -0.3 is 5.11 Å². The van der Waals surface area contributed by atoms with E-state index in [2.05, 4.69) is 6.92 Å². The van der Waals surface area contributed by atoms with Gasteiger partial charge in [-0.2, -0.15) is 5.26 Å². The van der Waals surface area contributed by atoms with E-state index in [1.807, 2.05) is 0 Å². The Labute approximate surface area is 87.8 Å². The summed E-state index contributed by atoms with van der Waals surface area (Å²) in [6.45, 7) is 2.21. The Morgan fingerprint density at radius 2 is 2.33 bits per heavy atom. The number of nitrogens with one attached hydrogen (secondary N) is 1. The Kier molecular flexibility index (Phi) is 15.1. The molecule has 0 atom stereocenters. The second-order valence-electron chi connectivity index (χ2n) is 1.25. The van der Waals surface area contributed by atoms with Crippen molar-refractivity contribution < 1.29 is 9.90 Å². The van der Waals surface area contributed by atoms with E-state index in [0.717, 1.165) is 49.0 Å². The normalized spacial score (nSPS) is 6.00. The van der Waals surface area contributed by atoms with Crippen molar-refractivity contribution in [1.29, 1.82) is 5.26 Å². The molecule has 4 nitrogen and oxygen atoms in total. The molecular formula is C4H7KN2O2. The van der Waals surface area contributed by atoms with Gasteiger partial charge in [0.05, 0.1) is 0 Å². The number of hydrogen-bond acceptors (Lipinski definition) is 2. The van der Waals surface area contributed by atoms with E-state index >= 15 is 0 Å². The largest absolute Gasteiger partial charge is 0.464 e. The summed E-state index contributed by atoms with van der Waals surface area (Å²) in [6, 6.07) is 0. The van der Waals surface area contributed by atoms with E-state index in [9.17, 15) is 4.79 Å². The molecule has 5 heteroatoms. The van der Waals surface area contributed by atoms with Crippen molar-refractivity contribution in [1.82, 2.24) is 5.32 Å². The first kappa shape index (κ1) is 12.1. The van der Waals surface area contributed by atoms with Gasteiger partial charge in [0.15, 0.2) is 6.19 Å². The quantitative estimate of drug-likeness (QED) is 0.300. The number of nitriles is 1. The van der Waals surface area contributed by atoms with E-state index in [1.165, 1.54) is 12.0 Å². The summed E-state index contributed by atoms with van der Waals surface area (Å²) in [5.41, 5.74) is 0. The van der Waals surface area contributed by atoms with Crippen LogP contribution in [0.5, 0.6) is 0 Å². The Hall–Kier alpha value is 0.396. The molecule has 0 fully saturated rings. The van der Waals surface area contributed by atoms with Gasteiger partial charge in [-0.3, -0.25) is 0 Å². The van der Waals surface area contributed by atoms with Crippen LogP contribution in [0.25, 0.3) is 0 Å². The average Bonchev–Trinajstić information content (AvgIpc) is 1.67. The number of nitrogens with zero attached hydrogens (tertiary/aromatic N) is 1. The molecule has 0 spiro atoms. The summed E-state index contributed by atoms with van der Waals surface area (Å²) in [4.78, 5) is 9.27. The van der Waals surface area contributed by atoms with Crippen LogP contribution in [0.1, 0.15) is 6.92 Å². The standard InChI is InChI=1S/C2H2N2O2.C2H5.K/c3-1-4-2(5)6;1-2;/h4H,(H,5,6);1H2,2H3;. The summed E-state index contributed by atoms with van der Waals surface area (Å²) >= 11 is 1.10. The summed E-state index contributed by atoms with van der Waals surface area (Å²) in [5, 5.41) is 16.5. The Morgan fingerprint density at radius 3 is 2.33 bits per heavy atom. The molecule has 0 aromatic carbocycles. The van der Waals surface area contributed by atoms with Crippen LogP contribution in [-0.2, 0) is 0 Å². The van der Waals surface area contributed by atoms with Gasteiger partial charge in [-0.1, -0.05) is 0 Å². The minimum Gasteiger partial charge on any atom is -0.464 e. The van der Waals surface area contributed by atoms with E-state index in [1.54, 1.807) is 0 Å². The Morgan fingerprint density at radius 1 is 2.00 bits per heavy atom. The van der Waals surface area contributed by atoms with Crippen molar-refractivity contribution in [3.8, 4) is 6.19 Å². The molecule has 0 saturated carbocycles. The maximum Gasteiger partial charge on any atom is 0.417 e. The number of rotatable bonds is 0. The summed E-state index contributed by atoms with van der Waals surface area (Å²) in [6.07, 6.45) is -0.104. The van der Waals surface area contributed by atoms with Crippen molar-refractivity contribution in [2.24, 2.45) is 0 Å². The molecule has 9 heavy (non-hydrogen) atoms. The first-order valence-electron chi connectivity index (χ1n) is 2.57. The van der Waals surface area contributed by atoms with Gasteiger partial charge in [0, 0.05) is 0 Å². The minimum absolute atomic E-state index is 1.10. The van der Waals surface area contributed by atoms with Gasteiger partial charge in [0.1, 0.15) is 0 Å². The fourth-order valence-electron chi connectivity index (χ4n) is 0.0478. The van der Waals surface area contributed by atoms with Crippen LogP contribution in [0.15, 0.2) is 0 Å². The summed E-state index contributed by atoms with van der Waals surface area (Å²) in [7, 11) is 0. The number of carboxylic acid groups (broad SMARTS) is 1. The van der Waals surface area contributed by atoms with Crippen LogP contribution < -0.4 is 5.32 Å². The first-order chi connectivity index (χ1) is 4.18. The molecule has 0 aliphatic heterocycles. The van der Waals surface area contributed by atoms with Crippen molar-refractivity contribution in [3.05, 3.63) is 0 Å². The summed E-state index contributed by atoms with van der Waals surface area (Å²) in [5.74, 6) is 0. The predicted octanol–water partition coefficient (Wildman–Crippen LogP) is 0.328. The molecule has 1 amide bonds. The zero-order chi connectivity index (χ0) is 7.70. The fourth-order valence-corrected chi connectivity index (χ4v) is 0.0478. The molecule has 0 rings (SSSR count). The molecule has 2 N–H and O–H groups in total. The molecule has 0 radical (unpaired) electrons. The van der Waals surface area contributed by atoms with Gasteiger partial charge in [-0.25, -0.2) is 10.1 Å². The topological polar surface area (TPSA) is 73.1 Å². The fraction of sp³-hybridized carbons (Fsp3) is 0.500. The SMILES string of the molecule is C[CH2][K].N#CNC(=O)O. The third-order valence-corrected chi connectivity index (χ3v) is 0.163. The molecule has 46 valence electrons. The molecule has 0 unspecified atom stereocenters. The summed E-state index contributed by atoms with van der Waals surface area (Å²) < 4.78 is 1.44. The van der Waals surface area contributed by atoms with Gasteiger partial charge in [0.2, 0.25) is 0 Å². The molecule has 0 aliphatic rings. The maximum absolute atomic E-state index is 9.27. The molecule has 0 aromatic heterocycles. The monoisotopic (exact) mass is 154 g/mol. The third kappa shape index (κ3) is 29.8. The van der Waals surface area contributed by atoms with Crippen molar-refractivity contribution in [2.45, 2.75) is 7.44 Å². The van der Waals surface area contributed by atoms with Gasteiger partial charge in [0.25, 0.3) is 0 Å². The van der Waals surface area contributed by atoms with E-state index in [-0.39, 0.29) is 0 Å². The van der Waals surface area contributed by atoms with Crippen LogP contribution in [0.4, 0.5) is 4.79 Å². The van der Waals surface area contributed by atoms with Gasteiger partial charge >= 0.3 is 62.5 Å². The smallest absolute Gasteiger partial charge is 0.417 e. The van der Waals surface area contributed by atoms with Crippen molar-refractivity contribution >= 4 is 55.0 Å². The number of amides is 1. The molecule has 0 aromatic rings. The van der Waals surface area contributed by atoms with E-state index in [4.69, 9.17) is 10.4 Å². The molecule has 0 bridgehead atoms. The molecule has 0 heterocycles. The third-order valence-electron chi connectivity index (χ3n) is 0.163. The minimum atomic E-state index is -1.32. The van der Waals surface area contributed by atoms with Crippen LogP contribution in [0, 0.1) is 11.5 Å². The van der Waals surface area contributed by atoms with Gasteiger partial charge in [-0.15, -0.1) is 0 Å². The maximum atomic E-state index is 9.27. The molecular weight excluding hydrogens is 147 g/mol. The van der Waals surface area contributed by atoms with Crippen molar-refractivity contribution in [2.75, 3.05) is 0 Å². The van der Waals surface area contributed by atoms with Crippen molar-refractivity contribution in [3.63, 3.8) is 0 Å². The average molecular weight is 154 g/mol. The first-order valence-corrected chi connectivity index (χ1v) is 4.77. The zero-order valence-corrected chi connectivity index (χ0v) is 8.63. The number of carbonyl (C=O) groups is 1. The van der Waals surface area contributed by atoms with Crippen LogP contribution >= 0.6 is 0 Å². The van der Waals surface area contributed by atoms with Crippen LogP contribution in [0.3, 0.4) is 0 Å². The van der Waals surface area contributed by atoms with E-state index in [0.29, 0.717) is 0 Å². The Balaban J connectivity index is 0. The predicted molar refractivity (Wildman–Crippen MR) is 33.0 cm³/mol. The second-order valence-corrected chi connectivity index (χ2v) is 3.46. The molecule has 0 saturated heterocycles. The van der Waals surface area contributed by atoms with E-state index < -0.39 is 6.09 Å².